The van der Waals surface area contributed by atoms with Crippen molar-refractivity contribution in [3.05, 3.63) is 37.0 Å². The molecule has 0 aromatic heterocycles. The third-order valence-corrected chi connectivity index (χ3v) is 6.02. The summed E-state index contributed by atoms with van der Waals surface area (Å²) < 4.78 is 22.9. The summed E-state index contributed by atoms with van der Waals surface area (Å²) in [5, 5.41) is 0. The molecule has 0 atom stereocenters. The van der Waals surface area contributed by atoms with Crippen LogP contribution in [0.4, 0.5) is 0 Å². The number of hydrogen-bond acceptors (Lipinski definition) is 4. The first kappa shape index (κ1) is 28.8. The SMILES string of the molecule is CCC=COCCCCC(CCCCOC=CCC)(CCCCOC=CCC)O[SiH3]. The Labute approximate surface area is 189 Å². The van der Waals surface area contributed by atoms with Crippen molar-refractivity contribution in [1.29, 1.82) is 0 Å². The molecule has 0 N–H and O–H groups in total. The van der Waals surface area contributed by atoms with Gasteiger partial charge in [0.1, 0.15) is 10.5 Å². The van der Waals surface area contributed by atoms with E-state index in [1.54, 1.807) is 0 Å². The van der Waals surface area contributed by atoms with E-state index >= 15 is 0 Å². The van der Waals surface area contributed by atoms with Crippen LogP contribution in [-0.4, -0.2) is 35.9 Å². The van der Waals surface area contributed by atoms with Crippen molar-refractivity contribution in [2.75, 3.05) is 19.8 Å². The van der Waals surface area contributed by atoms with Crippen molar-refractivity contribution in [3.8, 4) is 0 Å². The molecule has 0 radical (unpaired) electrons. The molecule has 0 aromatic carbocycles. The molecule has 0 aliphatic heterocycles. The first-order valence-electron chi connectivity index (χ1n) is 12.1. The maximum atomic E-state index is 6.25. The van der Waals surface area contributed by atoms with Gasteiger partial charge in [0.2, 0.25) is 0 Å². The summed E-state index contributed by atoms with van der Waals surface area (Å²) in [5.74, 6) is 0. The van der Waals surface area contributed by atoms with Crippen LogP contribution >= 0.6 is 0 Å². The lowest BCUT2D eigenvalue weighted by Crippen LogP contribution is -2.32. The summed E-state index contributed by atoms with van der Waals surface area (Å²) in [6, 6.07) is 0. The minimum Gasteiger partial charge on any atom is -0.502 e. The van der Waals surface area contributed by atoms with Crippen LogP contribution in [0.3, 0.4) is 0 Å². The fourth-order valence-electron chi connectivity index (χ4n) is 3.28. The highest BCUT2D eigenvalue weighted by atomic mass is 28.2. The van der Waals surface area contributed by atoms with Crippen LogP contribution in [-0.2, 0) is 18.6 Å². The van der Waals surface area contributed by atoms with Gasteiger partial charge in [-0.15, -0.1) is 0 Å². The number of allylic oxidation sites excluding steroid dienone is 3. The van der Waals surface area contributed by atoms with Crippen molar-refractivity contribution in [2.45, 2.75) is 103 Å². The molecule has 30 heavy (non-hydrogen) atoms. The van der Waals surface area contributed by atoms with Crippen molar-refractivity contribution in [1.82, 2.24) is 0 Å². The van der Waals surface area contributed by atoms with Crippen LogP contribution in [0.2, 0.25) is 0 Å². The van der Waals surface area contributed by atoms with E-state index in [2.05, 4.69) is 39.0 Å². The zero-order valence-electron chi connectivity index (χ0n) is 20.2. The minimum absolute atomic E-state index is 0.0179. The largest absolute Gasteiger partial charge is 0.502 e. The van der Waals surface area contributed by atoms with Gasteiger partial charge in [-0.3, -0.25) is 0 Å². The molecule has 0 fully saturated rings. The number of unbranched alkanes of at least 4 members (excludes halogenated alkanes) is 3. The second-order valence-corrected chi connectivity index (χ2v) is 8.12. The molecule has 0 saturated heterocycles. The topological polar surface area (TPSA) is 36.9 Å². The quantitative estimate of drug-likeness (QED) is 0.112. The second kappa shape index (κ2) is 22.5. The first-order valence-corrected chi connectivity index (χ1v) is 12.9. The molecule has 0 rings (SSSR count). The molecular formula is C25H48O4Si. The van der Waals surface area contributed by atoms with Crippen molar-refractivity contribution < 1.29 is 18.6 Å². The molecule has 0 unspecified atom stereocenters. The molecule has 0 aliphatic rings. The van der Waals surface area contributed by atoms with Gasteiger partial charge < -0.3 is 18.6 Å². The van der Waals surface area contributed by atoms with E-state index in [-0.39, 0.29) is 5.60 Å². The summed E-state index contributed by atoms with van der Waals surface area (Å²) in [5.41, 5.74) is 0.0179. The Balaban J connectivity index is 4.37. The average molecular weight is 441 g/mol. The fraction of sp³-hybridized carbons (Fsp3) is 0.760. The molecule has 4 nitrogen and oxygen atoms in total. The third-order valence-electron chi connectivity index (χ3n) is 5.15. The molecule has 176 valence electrons. The standard InChI is InChI=1S/C25H48O4Si/c1-4-7-19-26-22-13-10-16-25(29-30,17-11-14-23-27-20-8-5-2)18-12-15-24-28-21-9-6-3/h7-9,19-21H,4-6,10-18,22-24H2,1-3,30H3. The molecule has 0 bridgehead atoms. The zero-order chi connectivity index (χ0) is 22.2. The van der Waals surface area contributed by atoms with Crippen LogP contribution in [0, 0.1) is 0 Å². The van der Waals surface area contributed by atoms with Gasteiger partial charge in [0, 0.05) is 0 Å². The highest BCUT2D eigenvalue weighted by molar-refractivity contribution is 5.98. The van der Waals surface area contributed by atoms with Crippen LogP contribution in [0.25, 0.3) is 0 Å². The van der Waals surface area contributed by atoms with Crippen LogP contribution < -0.4 is 0 Å². The number of hydrogen-bond donors (Lipinski definition) is 0. The smallest absolute Gasteiger partial charge is 0.146 e. The Morgan fingerprint density at radius 1 is 0.567 bits per heavy atom. The van der Waals surface area contributed by atoms with E-state index < -0.39 is 0 Å². The van der Waals surface area contributed by atoms with Crippen molar-refractivity contribution in [2.24, 2.45) is 0 Å². The fourth-order valence-corrected chi connectivity index (χ4v) is 3.89. The van der Waals surface area contributed by atoms with Crippen LogP contribution in [0.1, 0.15) is 97.8 Å². The van der Waals surface area contributed by atoms with E-state index in [1.165, 1.54) is 0 Å². The molecule has 0 heterocycles. The second-order valence-electron chi connectivity index (χ2n) is 7.71. The van der Waals surface area contributed by atoms with E-state index in [9.17, 15) is 0 Å². The highest BCUT2D eigenvalue weighted by Gasteiger charge is 2.27. The predicted molar refractivity (Wildman–Crippen MR) is 131 cm³/mol. The van der Waals surface area contributed by atoms with Gasteiger partial charge in [-0.25, -0.2) is 0 Å². The van der Waals surface area contributed by atoms with Gasteiger partial charge >= 0.3 is 0 Å². The van der Waals surface area contributed by atoms with E-state index in [1.807, 2.05) is 18.8 Å². The first-order chi connectivity index (χ1) is 14.7. The molecule has 0 spiro atoms. The Hall–Kier alpha value is -1.20. The van der Waals surface area contributed by atoms with Crippen molar-refractivity contribution >= 4 is 10.5 Å². The van der Waals surface area contributed by atoms with Crippen molar-refractivity contribution in [3.63, 3.8) is 0 Å². The lowest BCUT2D eigenvalue weighted by Gasteiger charge is -2.34. The molecular weight excluding hydrogens is 392 g/mol. The van der Waals surface area contributed by atoms with E-state index in [0.717, 1.165) is 107 Å². The Morgan fingerprint density at radius 3 is 1.17 bits per heavy atom. The summed E-state index contributed by atoms with van der Waals surface area (Å²) >= 11 is 0. The normalized spacial score (nSPS) is 14.1. The number of rotatable bonds is 22. The monoisotopic (exact) mass is 440 g/mol. The molecule has 0 saturated carbocycles. The lowest BCUT2D eigenvalue weighted by molar-refractivity contribution is 0.0384. The summed E-state index contributed by atoms with van der Waals surface area (Å²) in [7, 11) is 0.780. The molecule has 0 aliphatic carbocycles. The van der Waals surface area contributed by atoms with Gasteiger partial charge in [0.25, 0.3) is 0 Å². The average Bonchev–Trinajstić information content (AvgIpc) is 2.76. The Kier molecular flexibility index (Phi) is 21.6. The summed E-state index contributed by atoms with van der Waals surface area (Å²) in [6.45, 7) is 8.74. The Bertz CT molecular complexity index is 375. The van der Waals surface area contributed by atoms with E-state index in [4.69, 9.17) is 18.6 Å². The van der Waals surface area contributed by atoms with Gasteiger partial charge in [0.05, 0.1) is 44.2 Å². The molecule has 0 aromatic rings. The van der Waals surface area contributed by atoms with Gasteiger partial charge in [-0.05, 0) is 77.0 Å². The van der Waals surface area contributed by atoms with Crippen LogP contribution in [0.5, 0.6) is 0 Å². The Morgan fingerprint density at radius 2 is 0.900 bits per heavy atom. The maximum Gasteiger partial charge on any atom is 0.146 e. The zero-order valence-corrected chi connectivity index (χ0v) is 22.2. The lowest BCUT2D eigenvalue weighted by atomic mass is 9.86. The van der Waals surface area contributed by atoms with Gasteiger partial charge in [-0.1, -0.05) is 39.0 Å². The van der Waals surface area contributed by atoms with Gasteiger partial charge in [0.15, 0.2) is 0 Å². The van der Waals surface area contributed by atoms with Gasteiger partial charge in [-0.2, -0.15) is 0 Å². The summed E-state index contributed by atoms with van der Waals surface area (Å²) in [4.78, 5) is 0. The van der Waals surface area contributed by atoms with Crippen LogP contribution in [0.15, 0.2) is 37.0 Å². The number of ether oxygens (including phenoxy) is 3. The minimum atomic E-state index is 0.0179. The predicted octanol–water partition coefficient (Wildman–Crippen LogP) is 6.35. The van der Waals surface area contributed by atoms with E-state index in [0.29, 0.717) is 0 Å². The third kappa shape index (κ3) is 17.6. The summed E-state index contributed by atoms with van der Waals surface area (Å²) in [6.07, 6.45) is 24.7. The molecule has 5 heteroatoms. The maximum absolute atomic E-state index is 6.25. The molecule has 0 amide bonds. The highest BCUT2D eigenvalue weighted by Crippen LogP contribution is 2.30.